The summed E-state index contributed by atoms with van der Waals surface area (Å²) in [5.41, 5.74) is 0.728. The van der Waals surface area contributed by atoms with Crippen molar-refractivity contribution in [2.45, 2.75) is 6.61 Å². The Bertz CT molecular complexity index is 487. The summed E-state index contributed by atoms with van der Waals surface area (Å²) in [6.45, 7) is -0.273. The summed E-state index contributed by atoms with van der Waals surface area (Å²) in [7, 11) is 0. The van der Waals surface area contributed by atoms with E-state index in [0.717, 1.165) is 10.0 Å². The Kier molecular flexibility index (Phi) is 3.04. The number of aliphatic hydroxyl groups excluding tert-OH is 1. The number of hydrogen-bond donors (Lipinski definition) is 1. The van der Waals surface area contributed by atoms with Gasteiger partial charge in [-0.2, -0.15) is 4.98 Å². The molecule has 0 radical (unpaired) electrons. The molecule has 4 nitrogen and oxygen atoms in total. The van der Waals surface area contributed by atoms with Crippen LogP contribution >= 0.6 is 27.5 Å². The molecule has 6 heteroatoms. The maximum Gasteiger partial charge on any atom is 0.252 e. The molecule has 0 spiro atoms. The number of hydrogen-bond acceptors (Lipinski definition) is 4. The van der Waals surface area contributed by atoms with Crippen LogP contribution in [0.25, 0.3) is 11.4 Å². The van der Waals surface area contributed by atoms with Crippen LogP contribution in [0, 0.1) is 0 Å². The van der Waals surface area contributed by atoms with Crippen LogP contribution in [0.3, 0.4) is 0 Å². The maximum atomic E-state index is 8.79. The van der Waals surface area contributed by atoms with E-state index in [0.29, 0.717) is 10.8 Å². The number of nitrogens with zero attached hydrogens (tertiary/aromatic N) is 2. The van der Waals surface area contributed by atoms with E-state index in [-0.39, 0.29) is 12.5 Å². The summed E-state index contributed by atoms with van der Waals surface area (Å²) in [5.74, 6) is 0.574. The van der Waals surface area contributed by atoms with Crippen molar-refractivity contribution < 1.29 is 9.63 Å². The van der Waals surface area contributed by atoms with Gasteiger partial charge in [0.15, 0.2) is 0 Å². The maximum absolute atomic E-state index is 8.79. The molecule has 1 heterocycles. The Balaban J connectivity index is 2.48. The fourth-order valence-corrected chi connectivity index (χ4v) is 1.69. The number of rotatable bonds is 2. The van der Waals surface area contributed by atoms with Gasteiger partial charge in [0.2, 0.25) is 5.82 Å². The van der Waals surface area contributed by atoms with E-state index in [9.17, 15) is 0 Å². The van der Waals surface area contributed by atoms with Gasteiger partial charge in [0.05, 0.1) is 0 Å². The zero-order valence-corrected chi connectivity index (χ0v) is 9.79. The van der Waals surface area contributed by atoms with Crippen LogP contribution in [0.15, 0.2) is 27.2 Å². The average molecular weight is 290 g/mol. The fraction of sp³-hybridized carbons (Fsp3) is 0.111. The fourth-order valence-electron chi connectivity index (χ4n) is 1.10. The van der Waals surface area contributed by atoms with Gasteiger partial charge in [0.25, 0.3) is 5.89 Å². The van der Waals surface area contributed by atoms with Gasteiger partial charge in [-0.3, -0.25) is 0 Å². The molecule has 0 saturated carbocycles. The Hall–Kier alpha value is -0.910. The summed E-state index contributed by atoms with van der Waals surface area (Å²) >= 11 is 9.21. The highest BCUT2D eigenvalue weighted by Gasteiger charge is 2.11. The summed E-state index contributed by atoms with van der Waals surface area (Å²) < 4.78 is 5.60. The molecule has 1 aromatic heterocycles. The van der Waals surface area contributed by atoms with Gasteiger partial charge in [0.1, 0.15) is 6.61 Å². The summed E-state index contributed by atoms with van der Waals surface area (Å²) in [6.07, 6.45) is 0. The number of halogens is 2. The van der Waals surface area contributed by atoms with Crippen LogP contribution in [0.1, 0.15) is 5.89 Å². The molecule has 0 aliphatic carbocycles. The van der Waals surface area contributed by atoms with Crippen molar-refractivity contribution in [1.82, 2.24) is 10.1 Å². The van der Waals surface area contributed by atoms with Gasteiger partial charge in [-0.05, 0) is 18.2 Å². The van der Waals surface area contributed by atoms with Crippen LogP contribution in [0.4, 0.5) is 0 Å². The zero-order chi connectivity index (χ0) is 10.8. The molecule has 1 N–H and O–H groups in total. The second kappa shape index (κ2) is 4.30. The van der Waals surface area contributed by atoms with Crippen LogP contribution in [0.5, 0.6) is 0 Å². The summed E-state index contributed by atoms with van der Waals surface area (Å²) in [5, 5.41) is 13.1. The average Bonchev–Trinajstić information content (AvgIpc) is 2.70. The molecule has 2 rings (SSSR count). The van der Waals surface area contributed by atoms with E-state index >= 15 is 0 Å². The van der Waals surface area contributed by atoms with Gasteiger partial charge in [0, 0.05) is 15.1 Å². The van der Waals surface area contributed by atoms with E-state index < -0.39 is 0 Å². The predicted molar refractivity (Wildman–Crippen MR) is 58.4 cm³/mol. The molecule has 0 fully saturated rings. The minimum absolute atomic E-state index is 0.178. The van der Waals surface area contributed by atoms with Crippen molar-refractivity contribution >= 4 is 27.5 Å². The van der Waals surface area contributed by atoms with Crippen LogP contribution in [-0.4, -0.2) is 15.2 Å². The lowest BCUT2D eigenvalue weighted by Crippen LogP contribution is -1.84. The lowest BCUT2D eigenvalue weighted by Gasteiger charge is -1.98. The van der Waals surface area contributed by atoms with E-state index in [1.165, 1.54) is 0 Å². The predicted octanol–water partition coefficient (Wildman–Crippen LogP) is 2.64. The molecule has 2 aromatic rings. The molecule has 0 atom stereocenters. The molecule has 78 valence electrons. The first-order valence-corrected chi connectivity index (χ1v) is 5.26. The first-order valence-electron chi connectivity index (χ1n) is 4.09. The van der Waals surface area contributed by atoms with E-state index in [4.69, 9.17) is 21.2 Å². The molecule has 0 saturated heterocycles. The SMILES string of the molecule is OCc1nc(-c2cc(Cl)ccc2Br)no1. The van der Waals surface area contributed by atoms with Gasteiger partial charge in [-0.1, -0.05) is 32.7 Å². The smallest absolute Gasteiger partial charge is 0.252 e. The Labute approximate surface area is 99.0 Å². The van der Waals surface area contributed by atoms with Crippen molar-refractivity contribution in [1.29, 1.82) is 0 Å². The highest BCUT2D eigenvalue weighted by molar-refractivity contribution is 9.10. The zero-order valence-electron chi connectivity index (χ0n) is 7.44. The van der Waals surface area contributed by atoms with Gasteiger partial charge < -0.3 is 9.63 Å². The van der Waals surface area contributed by atoms with Crippen molar-refractivity contribution in [2.75, 3.05) is 0 Å². The molecule has 0 unspecified atom stereocenters. The van der Waals surface area contributed by atoms with Crippen LogP contribution < -0.4 is 0 Å². The molecule has 0 bridgehead atoms. The van der Waals surface area contributed by atoms with Crippen molar-refractivity contribution in [3.05, 3.63) is 33.6 Å². The molecule has 1 aromatic carbocycles. The first-order chi connectivity index (χ1) is 7.20. The Morgan fingerprint density at radius 3 is 2.93 bits per heavy atom. The highest BCUT2D eigenvalue weighted by Crippen LogP contribution is 2.28. The number of aromatic nitrogens is 2. The van der Waals surface area contributed by atoms with Crippen molar-refractivity contribution in [3.63, 3.8) is 0 Å². The third-order valence-corrected chi connectivity index (χ3v) is 2.70. The Morgan fingerprint density at radius 1 is 1.47 bits per heavy atom. The van der Waals surface area contributed by atoms with Crippen molar-refractivity contribution in [2.24, 2.45) is 0 Å². The van der Waals surface area contributed by atoms with Crippen molar-refractivity contribution in [3.8, 4) is 11.4 Å². The van der Waals surface area contributed by atoms with E-state index in [2.05, 4.69) is 26.1 Å². The summed E-state index contributed by atoms with van der Waals surface area (Å²) in [4.78, 5) is 3.98. The lowest BCUT2D eigenvalue weighted by atomic mass is 10.2. The number of aliphatic hydroxyl groups is 1. The molecular weight excluding hydrogens is 283 g/mol. The standard InChI is InChI=1S/C9H6BrClN2O2/c10-7-2-1-5(11)3-6(7)9-12-8(4-14)15-13-9/h1-3,14H,4H2. The summed E-state index contributed by atoms with van der Waals surface area (Å²) in [6, 6.07) is 5.27. The lowest BCUT2D eigenvalue weighted by molar-refractivity contribution is 0.222. The minimum Gasteiger partial charge on any atom is -0.387 e. The van der Waals surface area contributed by atoms with Crippen LogP contribution in [-0.2, 0) is 6.61 Å². The topological polar surface area (TPSA) is 59.2 Å². The van der Waals surface area contributed by atoms with Gasteiger partial charge in [-0.25, -0.2) is 0 Å². The largest absolute Gasteiger partial charge is 0.387 e. The third-order valence-electron chi connectivity index (χ3n) is 1.77. The number of benzene rings is 1. The highest BCUT2D eigenvalue weighted by atomic mass is 79.9. The van der Waals surface area contributed by atoms with E-state index in [1.54, 1.807) is 18.2 Å². The molecule has 15 heavy (non-hydrogen) atoms. The quantitative estimate of drug-likeness (QED) is 0.923. The molecular formula is C9H6BrClN2O2. The second-order valence-corrected chi connectivity index (χ2v) is 4.08. The Morgan fingerprint density at radius 2 is 2.27 bits per heavy atom. The minimum atomic E-state index is -0.273. The molecule has 0 amide bonds. The molecule has 0 aliphatic heterocycles. The van der Waals surface area contributed by atoms with Crippen LogP contribution in [0.2, 0.25) is 5.02 Å². The first kappa shape index (κ1) is 10.6. The monoisotopic (exact) mass is 288 g/mol. The van der Waals surface area contributed by atoms with Gasteiger partial charge in [-0.15, -0.1) is 0 Å². The normalized spacial score (nSPS) is 10.6. The second-order valence-electron chi connectivity index (χ2n) is 2.79. The molecule has 0 aliphatic rings. The third kappa shape index (κ3) is 2.19. The van der Waals surface area contributed by atoms with E-state index in [1.807, 2.05) is 0 Å². The van der Waals surface area contributed by atoms with Gasteiger partial charge >= 0.3 is 0 Å².